The van der Waals surface area contributed by atoms with Gasteiger partial charge in [0.05, 0.1) is 17.7 Å². The summed E-state index contributed by atoms with van der Waals surface area (Å²) in [7, 11) is 1.38. The number of hydrogen-bond acceptors (Lipinski definition) is 6. The fraction of sp³-hybridized carbons (Fsp3) is 0.286. The van der Waals surface area contributed by atoms with Crippen LogP contribution in [0.1, 0.15) is 40.6 Å². The molecule has 1 saturated carbocycles. The van der Waals surface area contributed by atoms with Gasteiger partial charge in [-0.05, 0) is 42.7 Å². The molecule has 0 spiro atoms. The van der Waals surface area contributed by atoms with E-state index in [0.29, 0.717) is 29.0 Å². The molecule has 1 aliphatic carbocycles. The Morgan fingerprint density at radius 2 is 1.93 bits per heavy atom. The van der Waals surface area contributed by atoms with Crippen LogP contribution in [0.4, 0.5) is 0 Å². The standard InChI is InChI=1S/C21H20ClN3O3S/c1-27-20(26)15-8-6-14(7-9-15)13-29-21-24-23-19(25(21)16-10-11-16)12-28-18-5-3-2-4-17(18)22/h2-9,16H,10-13H2,1H3. The van der Waals surface area contributed by atoms with Gasteiger partial charge < -0.3 is 9.47 Å². The zero-order chi connectivity index (χ0) is 20.2. The van der Waals surface area contributed by atoms with Crippen molar-refractivity contribution in [1.29, 1.82) is 0 Å². The van der Waals surface area contributed by atoms with Crippen molar-refractivity contribution in [2.24, 2.45) is 0 Å². The summed E-state index contributed by atoms with van der Waals surface area (Å²) in [6, 6.07) is 15.2. The maximum absolute atomic E-state index is 11.5. The molecule has 0 N–H and O–H groups in total. The van der Waals surface area contributed by atoms with Gasteiger partial charge in [-0.1, -0.05) is 47.6 Å². The third-order valence-electron chi connectivity index (χ3n) is 4.58. The predicted octanol–water partition coefficient (Wildman–Crippen LogP) is 4.92. The van der Waals surface area contributed by atoms with E-state index in [-0.39, 0.29) is 5.97 Å². The van der Waals surface area contributed by atoms with Gasteiger partial charge in [-0.15, -0.1) is 10.2 Å². The third-order valence-corrected chi connectivity index (χ3v) is 5.91. The van der Waals surface area contributed by atoms with Crippen LogP contribution in [0.15, 0.2) is 53.7 Å². The van der Waals surface area contributed by atoms with Crippen LogP contribution in [0.3, 0.4) is 0 Å². The summed E-state index contributed by atoms with van der Waals surface area (Å²) in [6.45, 7) is 0.321. The Hall–Kier alpha value is -2.51. The SMILES string of the molecule is COC(=O)c1ccc(CSc2nnc(COc3ccccc3Cl)n2C2CC2)cc1. The fourth-order valence-corrected chi connectivity index (χ4v) is 4.08. The number of aromatic nitrogens is 3. The van der Waals surface area contributed by atoms with Crippen LogP contribution in [0.5, 0.6) is 5.75 Å². The first-order chi connectivity index (χ1) is 14.2. The van der Waals surface area contributed by atoms with Crippen LogP contribution < -0.4 is 4.74 Å². The van der Waals surface area contributed by atoms with Gasteiger partial charge in [-0.2, -0.15) is 0 Å². The number of carbonyl (C=O) groups is 1. The second-order valence-corrected chi connectivity index (χ2v) is 8.05. The van der Waals surface area contributed by atoms with E-state index in [0.717, 1.165) is 35.1 Å². The first kappa shape index (κ1) is 19.8. The van der Waals surface area contributed by atoms with Crippen molar-refractivity contribution in [2.45, 2.75) is 36.4 Å². The predicted molar refractivity (Wildman–Crippen MR) is 111 cm³/mol. The number of para-hydroxylation sites is 1. The van der Waals surface area contributed by atoms with E-state index >= 15 is 0 Å². The molecule has 0 bridgehead atoms. The van der Waals surface area contributed by atoms with Gasteiger partial charge in [0.25, 0.3) is 0 Å². The molecule has 0 saturated heterocycles. The minimum Gasteiger partial charge on any atom is -0.484 e. The quantitative estimate of drug-likeness (QED) is 0.374. The monoisotopic (exact) mass is 429 g/mol. The Balaban J connectivity index is 1.43. The Morgan fingerprint density at radius 3 is 2.62 bits per heavy atom. The molecule has 1 aliphatic rings. The van der Waals surface area contributed by atoms with Crippen molar-refractivity contribution in [3.05, 3.63) is 70.5 Å². The number of carbonyl (C=O) groups excluding carboxylic acids is 1. The summed E-state index contributed by atoms with van der Waals surface area (Å²) in [5.74, 6) is 1.84. The Morgan fingerprint density at radius 1 is 1.17 bits per heavy atom. The number of nitrogens with zero attached hydrogens (tertiary/aromatic N) is 3. The molecule has 4 rings (SSSR count). The molecular weight excluding hydrogens is 410 g/mol. The van der Waals surface area contributed by atoms with Crippen molar-refractivity contribution >= 4 is 29.3 Å². The van der Waals surface area contributed by atoms with Gasteiger partial charge in [0.2, 0.25) is 0 Å². The van der Waals surface area contributed by atoms with E-state index in [2.05, 4.69) is 14.8 Å². The first-order valence-corrected chi connectivity index (χ1v) is 10.6. The van der Waals surface area contributed by atoms with Gasteiger partial charge >= 0.3 is 5.97 Å². The lowest BCUT2D eigenvalue weighted by Crippen LogP contribution is -2.07. The highest BCUT2D eigenvalue weighted by molar-refractivity contribution is 7.98. The minimum atomic E-state index is -0.333. The molecule has 1 heterocycles. The largest absolute Gasteiger partial charge is 0.484 e. The zero-order valence-corrected chi connectivity index (χ0v) is 17.4. The lowest BCUT2D eigenvalue weighted by atomic mass is 10.1. The molecule has 1 fully saturated rings. The van der Waals surface area contributed by atoms with Crippen LogP contribution in [0, 0.1) is 0 Å². The van der Waals surface area contributed by atoms with E-state index in [1.807, 2.05) is 30.3 Å². The van der Waals surface area contributed by atoms with Crippen LogP contribution in [0.2, 0.25) is 5.02 Å². The Kier molecular flexibility index (Phi) is 6.06. The Labute approximate surface area is 178 Å². The first-order valence-electron chi connectivity index (χ1n) is 9.27. The number of halogens is 1. The summed E-state index contributed by atoms with van der Waals surface area (Å²) in [5.41, 5.74) is 1.64. The lowest BCUT2D eigenvalue weighted by molar-refractivity contribution is 0.0600. The van der Waals surface area contributed by atoms with Crippen LogP contribution in [-0.2, 0) is 17.1 Å². The summed E-state index contributed by atoms with van der Waals surface area (Å²) in [5, 5.41) is 10.2. The van der Waals surface area contributed by atoms with E-state index in [1.54, 1.807) is 30.0 Å². The summed E-state index contributed by atoms with van der Waals surface area (Å²) >= 11 is 7.79. The molecule has 29 heavy (non-hydrogen) atoms. The highest BCUT2D eigenvalue weighted by Crippen LogP contribution is 2.39. The lowest BCUT2D eigenvalue weighted by Gasteiger charge is -2.11. The topological polar surface area (TPSA) is 66.2 Å². The molecular formula is C21H20ClN3O3S. The van der Waals surface area contributed by atoms with Crippen molar-refractivity contribution in [3.8, 4) is 5.75 Å². The smallest absolute Gasteiger partial charge is 0.337 e. The van der Waals surface area contributed by atoms with Gasteiger partial charge in [-0.25, -0.2) is 4.79 Å². The van der Waals surface area contributed by atoms with Crippen LogP contribution in [-0.4, -0.2) is 27.8 Å². The van der Waals surface area contributed by atoms with Crippen molar-refractivity contribution in [2.75, 3.05) is 7.11 Å². The number of thioether (sulfide) groups is 1. The number of rotatable bonds is 8. The average Bonchev–Trinajstić information content (AvgIpc) is 3.51. The summed E-state index contributed by atoms with van der Waals surface area (Å²) in [4.78, 5) is 11.5. The molecule has 6 nitrogen and oxygen atoms in total. The molecule has 0 atom stereocenters. The third kappa shape index (κ3) is 4.74. The molecule has 0 unspecified atom stereocenters. The van der Waals surface area contributed by atoms with E-state index in [9.17, 15) is 4.79 Å². The van der Waals surface area contributed by atoms with Gasteiger partial charge in [0.1, 0.15) is 12.4 Å². The number of esters is 1. The number of methoxy groups -OCH3 is 1. The van der Waals surface area contributed by atoms with E-state index in [4.69, 9.17) is 21.1 Å². The maximum Gasteiger partial charge on any atom is 0.337 e. The minimum absolute atomic E-state index is 0.321. The van der Waals surface area contributed by atoms with Crippen LogP contribution >= 0.6 is 23.4 Å². The van der Waals surface area contributed by atoms with E-state index in [1.165, 1.54) is 7.11 Å². The number of ether oxygens (including phenoxy) is 2. The van der Waals surface area contributed by atoms with Crippen molar-refractivity contribution in [1.82, 2.24) is 14.8 Å². The summed E-state index contributed by atoms with van der Waals surface area (Å²) in [6.07, 6.45) is 2.25. The summed E-state index contributed by atoms with van der Waals surface area (Å²) < 4.78 is 12.8. The maximum atomic E-state index is 11.5. The van der Waals surface area contributed by atoms with Crippen molar-refractivity contribution in [3.63, 3.8) is 0 Å². The van der Waals surface area contributed by atoms with Crippen LogP contribution in [0.25, 0.3) is 0 Å². The Bertz CT molecular complexity index is 1000. The number of benzene rings is 2. The van der Waals surface area contributed by atoms with Gasteiger partial charge in [0, 0.05) is 11.8 Å². The molecule has 150 valence electrons. The molecule has 2 aromatic carbocycles. The number of hydrogen-bond donors (Lipinski definition) is 0. The second kappa shape index (κ2) is 8.88. The highest BCUT2D eigenvalue weighted by atomic mass is 35.5. The van der Waals surface area contributed by atoms with Crippen molar-refractivity contribution < 1.29 is 14.3 Å². The average molecular weight is 430 g/mol. The molecule has 0 aliphatic heterocycles. The fourth-order valence-electron chi connectivity index (χ4n) is 2.91. The van der Waals surface area contributed by atoms with E-state index < -0.39 is 0 Å². The molecule has 1 aromatic heterocycles. The second-order valence-electron chi connectivity index (χ2n) is 6.70. The molecule has 3 aromatic rings. The normalized spacial score (nSPS) is 13.3. The molecule has 0 radical (unpaired) electrons. The molecule has 8 heteroatoms. The zero-order valence-electron chi connectivity index (χ0n) is 15.9. The van der Waals surface area contributed by atoms with Gasteiger partial charge in [-0.3, -0.25) is 4.57 Å². The highest BCUT2D eigenvalue weighted by Gasteiger charge is 2.29. The van der Waals surface area contributed by atoms with Gasteiger partial charge in [0.15, 0.2) is 11.0 Å². The molecule has 0 amide bonds.